The van der Waals surface area contributed by atoms with Crippen LogP contribution in [0, 0.1) is 20.8 Å². The summed E-state index contributed by atoms with van der Waals surface area (Å²) in [6.45, 7) is 7.50. The summed E-state index contributed by atoms with van der Waals surface area (Å²) in [5.74, 6) is 1.08. The van der Waals surface area contributed by atoms with Crippen molar-refractivity contribution in [3.8, 4) is 0 Å². The molecule has 0 aliphatic heterocycles. The fourth-order valence-corrected chi connectivity index (χ4v) is 2.59. The lowest BCUT2D eigenvalue weighted by molar-refractivity contribution is -0.122. The zero-order valence-corrected chi connectivity index (χ0v) is 14.4. The molecule has 0 saturated heterocycles. The molecule has 0 bridgehead atoms. The number of aliphatic hydroxyl groups is 1. The van der Waals surface area contributed by atoms with Crippen LogP contribution >= 0.6 is 0 Å². The van der Waals surface area contributed by atoms with Gasteiger partial charge in [0.05, 0.1) is 12.2 Å². The molecule has 2 heterocycles. The van der Waals surface area contributed by atoms with Crippen molar-refractivity contribution in [2.24, 2.45) is 7.05 Å². The average Bonchev–Trinajstić information content (AvgIpc) is 3.01. The molecule has 0 aliphatic rings. The highest BCUT2D eigenvalue weighted by molar-refractivity contribution is 5.76. The number of hydrogen-bond donors (Lipinski definition) is 2. The highest BCUT2D eigenvalue weighted by Gasteiger charge is 2.27. The number of nitrogens with zero attached hydrogens (tertiary/aromatic N) is 2. The molecule has 0 saturated carbocycles. The maximum Gasteiger partial charge on any atom is 0.220 e. The standard InChI is InChI=1S/C17H25N3O3/c1-11-6-8-15(23-11)17(4,22)10-18-16(21)9-7-14-12(2)19-20(5)13(14)3/h6,8,22H,7,9-10H2,1-5H3,(H,18,21). The van der Waals surface area contributed by atoms with Gasteiger partial charge in [0.1, 0.15) is 17.1 Å². The summed E-state index contributed by atoms with van der Waals surface area (Å²) in [5, 5.41) is 17.5. The summed E-state index contributed by atoms with van der Waals surface area (Å²) in [7, 11) is 1.90. The molecule has 2 N–H and O–H groups in total. The van der Waals surface area contributed by atoms with Gasteiger partial charge < -0.3 is 14.8 Å². The van der Waals surface area contributed by atoms with E-state index < -0.39 is 5.60 Å². The fourth-order valence-electron chi connectivity index (χ4n) is 2.59. The van der Waals surface area contributed by atoms with E-state index >= 15 is 0 Å². The van der Waals surface area contributed by atoms with Crippen LogP contribution in [0.3, 0.4) is 0 Å². The van der Waals surface area contributed by atoms with Gasteiger partial charge in [-0.05, 0) is 51.8 Å². The van der Waals surface area contributed by atoms with Crippen molar-refractivity contribution in [1.82, 2.24) is 15.1 Å². The Morgan fingerprint density at radius 1 is 1.39 bits per heavy atom. The predicted octanol–water partition coefficient (Wildman–Crippen LogP) is 1.89. The van der Waals surface area contributed by atoms with Gasteiger partial charge in [-0.1, -0.05) is 0 Å². The lowest BCUT2D eigenvalue weighted by Gasteiger charge is -2.21. The molecule has 6 nitrogen and oxygen atoms in total. The third-order valence-electron chi connectivity index (χ3n) is 4.16. The molecule has 23 heavy (non-hydrogen) atoms. The molecule has 1 atom stereocenters. The number of carbonyl (C=O) groups is 1. The summed E-state index contributed by atoms with van der Waals surface area (Å²) in [6.07, 6.45) is 1.000. The lowest BCUT2D eigenvalue weighted by Crippen LogP contribution is -2.38. The molecule has 2 rings (SSSR count). The van der Waals surface area contributed by atoms with Crippen LogP contribution in [-0.2, 0) is 23.9 Å². The molecule has 0 spiro atoms. The van der Waals surface area contributed by atoms with Crippen molar-refractivity contribution in [3.63, 3.8) is 0 Å². The van der Waals surface area contributed by atoms with Crippen LogP contribution in [-0.4, -0.2) is 27.3 Å². The van der Waals surface area contributed by atoms with Crippen molar-refractivity contribution >= 4 is 5.91 Å². The molecule has 1 amide bonds. The molecule has 0 aromatic carbocycles. The maximum absolute atomic E-state index is 12.0. The topological polar surface area (TPSA) is 80.3 Å². The van der Waals surface area contributed by atoms with Gasteiger partial charge in [-0.25, -0.2) is 0 Å². The van der Waals surface area contributed by atoms with Crippen LogP contribution in [0.25, 0.3) is 0 Å². The quantitative estimate of drug-likeness (QED) is 0.852. The van der Waals surface area contributed by atoms with Crippen molar-refractivity contribution in [2.75, 3.05) is 6.54 Å². The van der Waals surface area contributed by atoms with E-state index in [4.69, 9.17) is 4.42 Å². The van der Waals surface area contributed by atoms with E-state index in [1.54, 1.807) is 19.1 Å². The second kappa shape index (κ2) is 6.58. The summed E-state index contributed by atoms with van der Waals surface area (Å²) in [5.41, 5.74) is 1.92. The largest absolute Gasteiger partial charge is 0.463 e. The van der Waals surface area contributed by atoms with Crippen molar-refractivity contribution in [3.05, 3.63) is 40.6 Å². The van der Waals surface area contributed by atoms with E-state index in [2.05, 4.69) is 10.4 Å². The first-order chi connectivity index (χ1) is 10.7. The van der Waals surface area contributed by atoms with Crippen LogP contribution in [0.5, 0.6) is 0 Å². The van der Waals surface area contributed by atoms with Gasteiger partial charge in [0.15, 0.2) is 0 Å². The number of rotatable bonds is 6. The number of furan rings is 1. The van der Waals surface area contributed by atoms with Gasteiger partial charge in [0, 0.05) is 19.2 Å². The first kappa shape index (κ1) is 17.3. The second-order valence-corrected chi connectivity index (χ2v) is 6.23. The summed E-state index contributed by atoms with van der Waals surface area (Å²) >= 11 is 0. The number of nitrogens with one attached hydrogen (secondary N) is 1. The van der Waals surface area contributed by atoms with Crippen molar-refractivity contribution in [1.29, 1.82) is 0 Å². The van der Waals surface area contributed by atoms with Gasteiger partial charge in [0.2, 0.25) is 5.91 Å². The predicted molar refractivity (Wildman–Crippen MR) is 87.0 cm³/mol. The lowest BCUT2D eigenvalue weighted by atomic mass is 10.0. The molecule has 126 valence electrons. The minimum Gasteiger partial charge on any atom is -0.463 e. The highest BCUT2D eigenvalue weighted by Crippen LogP contribution is 2.22. The Kier molecular flexibility index (Phi) is 4.94. The van der Waals surface area contributed by atoms with Gasteiger partial charge in [-0.2, -0.15) is 5.10 Å². The highest BCUT2D eigenvalue weighted by atomic mass is 16.4. The Balaban J connectivity index is 1.88. The first-order valence-corrected chi connectivity index (χ1v) is 7.76. The first-order valence-electron chi connectivity index (χ1n) is 7.76. The third kappa shape index (κ3) is 4.01. The smallest absolute Gasteiger partial charge is 0.220 e. The SMILES string of the molecule is Cc1ccc(C(C)(O)CNC(=O)CCc2c(C)nn(C)c2C)o1. The maximum atomic E-state index is 12.0. The molecule has 1 unspecified atom stereocenters. The number of amides is 1. The third-order valence-corrected chi connectivity index (χ3v) is 4.16. The van der Waals surface area contributed by atoms with Crippen LogP contribution in [0.2, 0.25) is 0 Å². The number of aryl methyl sites for hydroxylation is 3. The average molecular weight is 319 g/mol. The molecule has 2 aromatic rings. The van der Waals surface area contributed by atoms with Gasteiger partial charge in [0.25, 0.3) is 0 Å². The second-order valence-electron chi connectivity index (χ2n) is 6.23. The van der Waals surface area contributed by atoms with Crippen LogP contribution in [0.1, 0.15) is 41.8 Å². The minimum absolute atomic E-state index is 0.101. The van der Waals surface area contributed by atoms with E-state index in [0.717, 1.165) is 22.7 Å². The van der Waals surface area contributed by atoms with E-state index in [-0.39, 0.29) is 12.5 Å². The van der Waals surface area contributed by atoms with E-state index in [1.807, 2.05) is 32.5 Å². The Morgan fingerprint density at radius 2 is 2.09 bits per heavy atom. The molecule has 0 fully saturated rings. The molecular weight excluding hydrogens is 294 g/mol. The van der Waals surface area contributed by atoms with E-state index in [9.17, 15) is 9.90 Å². The number of carbonyl (C=O) groups excluding carboxylic acids is 1. The van der Waals surface area contributed by atoms with E-state index in [0.29, 0.717) is 18.6 Å². The Morgan fingerprint density at radius 3 is 2.61 bits per heavy atom. The van der Waals surface area contributed by atoms with E-state index in [1.165, 1.54) is 0 Å². The minimum atomic E-state index is -1.22. The fraction of sp³-hybridized carbons (Fsp3) is 0.529. The van der Waals surface area contributed by atoms with Crippen LogP contribution < -0.4 is 5.32 Å². The van der Waals surface area contributed by atoms with Gasteiger partial charge >= 0.3 is 0 Å². The monoisotopic (exact) mass is 319 g/mol. The Bertz CT molecular complexity index is 698. The summed E-state index contributed by atoms with van der Waals surface area (Å²) in [4.78, 5) is 12.0. The van der Waals surface area contributed by atoms with Crippen molar-refractivity contribution in [2.45, 2.75) is 46.1 Å². The van der Waals surface area contributed by atoms with Gasteiger partial charge in [-0.15, -0.1) is 0 Å². The summed E-state index contributed by atoms with van der Waals surface area (Å²) < 4.78 is 7.26. The van der Waals surface area contributed by atoms with Crippen LogP contribution in [0.15, 0.2) is 16.5 Å². The molecule has 6 heteroatoms. The zero-order valence-electron chi connectivity index (χ0n) is 14.4. The summed E-state index contributed by atoms with van der Waals surface area (Å²) in [6, 6.07) is 3.52. The Labute approximate surface area is 136 Å². The normalized spacial score (nSPS) is 13.8. The Hall–Kier alpha value is -2.08. The number of aromatic nitrogens is 2. The molecule has 0 aliphatic carbocycles. The molecular formula is C17H25N3O3. The zero-order chi connectivity index (χ0) is 17.2. The van der Waals surface area contributed by atoms with Gasteiger partial charge in [-0.3, -0.25) is 9.48 Å². The number of hydrogen-bond acceptors (Lipinski definition) is 4. The van der Waals surface area contributed by atoms with Crippen molar-refractivity contribution < 1.29 is 14.3 Å². The van der Waals surface area contributed by atoms with Crippen LogP contribution in [0.4, 0.5) is 0 Å². The molecule has 2 aromatic heterocycles. The molecule has 0 radical (unpaired) electrons.